The Bertz CT molecular complexity index is 874. The fourth-order valence-electron chi connectivity index (χ4n) is 2.14. The molecular formula is C15H14ClN5O3. The first kappa shape index (κ1) is 16.0. The monoisotopic (exact) mass is 347 g/mol. The van der Waals surface area contributed by atoms with Crippen LogP contribution in [0.25, 0.3) is 0 Å². The van der Waals surface area contributed by atoms with Crippen molar-refractivity contribution in [2.75, 3.05) is 12.4 Å². The number of benzene rings is 1. The molecule has 9 heteroatoms. The third kappa shape index (κ3) is 3.23. The summed E-state index contributed by atoms with van der Waals surface area (Å²) in [5, 5.41) is 14.7. The van der Waals surface area contributed by atoms with Gasteiger partial charge in [-0.3, -0.25) is 4.79 Å². The van der Waals surface area contributed by atoms with Gasteiger partial charge in [-0.15, -0.1) is 5.10 Å². The average Bonchev–Trinajstić information content (AvgIpc) is 3.15. The van der Waals surface area contributed by atoms with Gasteiger partial charge in [0.05, 0.1) is 13.7 Å². The van der Waals surface area contributed by atoms with Gasteiger partial charge in [0.2, 0.25) is 11.6 Å². The molecule has 0 radical (unpaired) electrons. The van der Waals surface area contributed by atoms with Crippen LogP contribution in [0.3, 0.4) is 0 Å². The van der Waals surface area contributed by atoms with E-state index >= 15 is 0 Å². The number of halogens is 1. The van der Waals surface area contributed by atoms with Crippen molar-refractivity contribution in [3.63, 3.8) is 0 Å². The summed E-state index contributed by atoms with van der Waals surface area (Å²) in [6, 6.07) is 8.94. The molecular weight excluding hydrogens is 334 g/mol. The number of hydrogen-bond acceptors (Lipinski definition) is 6. The van der Waals surface area contributed by atoms with Gasteiger partial charge < -0.3 is 14.6 Å². The number of methoxy groups -OCH3 is 1. The zero-order valence-corrected chi connectivity index (χ0v) is 13.7. The van der Waals surface area contributed by atoms with Gasteiger partial charge in [0.15, 0.2) is 5.82 Å². The molecule has 0 fully saturated rings. The molecule has 0 saturated carbocycles. The zero-order chi connectivity index (χ0) is 17.1. The number of anilines is 1. The van der Waals surface area contributed by atoms with Crippen molar-refractivity contribution < 1.29 is 14.1 Å². The summed E-state index contributed by atoms with van der Waals surface area (Å²) in [5.41, 5.74) is 0.881. The van der Waals surface area contributed by atoms with Crippen LogP contribution in [0.1, 0.15) is 21.8 Å². The topological polar surface area (TPSA) is 95.1 Å². The van der Waals surface area contributed by atoms with Gasteiger partial charge in [-0.05, 0) is 18.6 Å². The Hall–Kier alpha value is -2.87. The maximum atomic E-state index is 12.3. The number of amides is 1. The molecule has 1 amide bonds. The van der Waals surface area contributed by atoms with Crippen LogP contribution in [-0.2, 0) is 6.54 Å². The highest BCUT2D eigenvalue weighted by Gasteiger charge is 2.22. The van der Waals surface area contributed by atoms with Gasteiger partial charge in [-0.25, -0.2) is 4.68 Å². The molecule has 0 spiro atoms. The highest BCUT2D eigenvalue weighted by Crippen LogP contribution is 2.21. The van der Waals surface area contributed by atoms with E-state index in [1.54, 1.807) is 19.1 Å². The first-order valence-electron chi connectivity index (χ1n) is 7.04. The lowest BCUT2D eigenvalue weighted by molar-refractivity contribution is 0.101. The zero-order valence-electron chi connectivity index (χ0n) is 13.0. The lowest BCUT2D eigenvalue weighted by atomic mass is 10.2. The minimum atomic E-state index is -0.495. The Morgan fingerprint density at radius 3 is 2.88 bits per heavy atom. The largest absolute Gasteiger partial charge is 0.479 e. The number of hydrogen-bond donors (Lipinski definition) is 1. The van der Waals surface area contributed by atoms with E-state index in [0.29, 0.717) is 23.1 Å². The summed E-state index contributed by atoms with van der Waals surface area (Å²) in [7, 11) is 1.44. The van der Waals surface area contributed by atoms with Crippen LogP contribution in [0, 0.1) is 6.92 Å². The van der Waals surface area contributed by atoms with Crippen LogP contribution in [-0.4, -0.2) is 33.2 Å². The SMILES string of the molecule is COc1c(C(=O)Nc2cc(C)on2)nnn1Cc1ccccc1Cl. The molecule has 8 nitrogen and oxygen atoms in total. The number of ether oxygens (including phenoxy) is 1. The van der Waals surface area contributed by atoms with Crippen molar-refractivity contribution in [1.82, 2.24) is 20.2 Å². The minimum Gasteiger partial charge on any atom is -0.479 e. The second kappa shape index (κ2) is 6.71. The molecule has 24 heavy (non-hydrogen) atoms. The maximum absolute atomic E-state index is 12.3. The number of nitrogens with one attached hydrogen (secondary N) is 1. The fraction of sp³-hybridized carbons (Fsp3) is 0.200. The second-order valence-corrected chi connectivity index (χ2v) is 5.38. The van der Waals surface area contributed by atoms with Crippen LogP contribution in [0.15, 0.2) is 34.9 Å². The van der Waals surface area contributed by atoms with Crippen molar-refractivity contribution >= 4 is 23.3 Å². The van der Waals surface area contributed by atoms with Crippen molar-refractivity contribution in [1.29, 1.82) is 0 Å². The van der Waals surface area contributed by atoms with Gasteiger partial charge >= 0.3 is 0 Å². The van der Waals surface area contributed by atoms with Gasteiger partial charge in [0, 0.05) is 11.1 Å². The van der Waals surface area contributed by atoms with Crippen LogP contribution >= 0.6 is 11.6 Å². The van der Waals surface area contributed by atoms with E-state index < -0.39 is 5.91 Å². The predicted molar refractivity (Wildman–Crippen MR) is 86.3 cm³/mol. The Kier molecular flexibility index (Phi) is 4.48. The molecule has 1 N–H and O–H groups in total. The highest BCUT2D eigenvalue weighted by molar-refractivity contribution is 6.31. The maximum Gasteiger partial charge on any atom is 0.283 e. The molecule has 0 aliphatic carbocycles. The highest BCUT2D eigenvalue weighted by atomic mass is 35.5. The second-order valence-electron chi connectivity index (χ2n) is 4.97. The molecule has 124 valence electrons. The Labute approximate surface area is 142 Å². The van der Waals surface area contributed by atoms with Crippen molar-refractivity contribution in [2.24, 2.45) is 0 Å². The normalized spacial score (nSPS) is 10.6. The van der Waals surface area contributed by atoms with Crippen LogP contribution < -0.4 is 10.1 Å². The van der Waals surface area contributed by atoms with E-state index in [0.717, 1.165) is 5.56 Å². The summed E-state index contributed by atoms with van der Waals surface area (Å²) in [4.78, 5) is 12.3. The Balaban J connectivity index is 1.84. The van der Waals surface area contributed by atoms with Crippen LogP contribution in [0.5, 0.6) is 5.88 Å². The molecule has 0 aliphatic heterocycles. The van der Waals surface area contributed by atoms with E-state index in [-0.39, 0.29) is 11.6 Å². The molecule has 0 saturated heterocycles. The number of rotatable bonds is 5. The van der Waals surface area contributed by atoms with Crippen LogP contribution in [0.2, 0.25) is 5.02 Å². The van der Waals surface area contributed by atoms with Crippen molar-refractivity contribution in [2.45, 2.75) is 13.5 Å². The van der Waals surface area contributed by atoms with E-state index in [9.17, 15) is 4.79 Å². The Morgan fingerprint density at radius 2 is 2.21 bits per heavy atom. The van der Waals surface area contributed by atoms with E-state index in [1.165, 1.54) is 11.8 Å². The van der Waals surface area contributed by atoms with Gasteiger partial charge in [0.25, 0.3) is 5.91 Å². The van der Waals surface area contributed by atoms with E-state index in [2.05, 4.69) is 20.8 Å². The predicted octanol–water partition coefficient (Wildman–Crippen LogP) is 2.54. The molecule has 1 aromatic carbocycles. The van der Waals surface area contributed by atoms with Crippen molar-refractivity contribution in [3.05, 3.63) is 52.4 Å². The quantitative estimate of drug-likeness (QED) is 0.762. The van der Waals surface area contributed by atoms with Gasteiger partial charge in [0.1, 0.15) is 5.76 Å². The summed E-state index contributed by atoms with van der Waals surface area (Å²) in [5.74, 6) is 0.609. The number of aryl methyl sites for hydroxylation is 1. The smallest absolute Gasteiger partial charge is 0.283 e. The van der Waals surface area contributed by atoms with E-state index in [1.807, 2.05) is 18.2 Å². The summed E-state index contributed by atoms with van der Waals surface area (Å²) in [6.07, 6.45) is 0. The first-order chi connectivity index (χ1) is 11.6. The summed E-state index contributed by atoms with van der Waals surface area (Å²) < 4.78 is 11.6. The van der Waals surface area contributed by atoms with Gasteiger partial charge in [-0.2, -0.15) is 0 Å². The number of carbonyl (C=O) groups is 1. The molecule has 0 bridgehead atoms. The summed E-state index contributed by atoms with van der Waals surface area (Å²) in [6.45, 7) is 2.05. The molecule has 0 unspecified atom stereocenters. The third-order valence-corrected chi connectivity index (χ3v) is 3.61. The molecule has 2 heterocycles. The lowest BCUT2D eigenvalue weighted by Gasteiger charge is -2.07. The van der Waals surface area contributed by atoms with Gasteiger partial charge in [-0.1, -0.05) is 40.2 Å². The molecule has 0 aliphatic rings. The molecule has 0 atom stereocenters. The standard InChI is InChI=1S/C15H14ClN5O3/c1-9-7-12(19-24-9)17-14(22)13-15(23-2)21(20-18-13)8-10-5-3-4-6-11(10)16/h3-7H,8H2,1-2H3,(H,17,19,22). The first-order valence-corrected chi connectivity index (χ1v) is 7.42. The molecule has 2 aromatic heterocycles. The fourth-order valence-corrected chi connectivity index (χ4v) is 2.34. The third-order valence-electron chi connectivity index (χ3n) is 3.25. The number of carbonyl (C=O) groups excluding carboxylic acids is 1. The van der Waals surface area contributed by atoms with Crippen molar-refractivity contribution in [3.8, 4) is 5.88 Å². The molecule has 3 aromatic rings. The average molecular weight is 348 g/mol. The van der Waals surface area contributed by atoms with E-state index in [4.69, 9.17) is 20.9 Å². The Morgan fingerprint density at radius 1 is 1.42 bits per heavy atom. The number of nitrogens with zero attached hydrogens (tertiary/aromatic N) is 4. The lowest BCUT2D eigenvalue weighted by Crippen LogP contribution is -2.14. The minimum absolute atomic E-state index is 0.0465. The molecule has 3 rings (SSSR count). The van der Waals surface area contributed by atoms with Crippen LogP contribution in [0.4, 0.5) is 5.82 Å². The number of aromatic nitrogens is 4. The summed E-state index contributed by atoms with van der Waals surface area (Å²) >= 11 is 6.15.